The van der Waals surface area contributed by atoms with Crippen molar-refractivity contribution < 1.29 is 13.9 Å². The number of thioether (sulfide) groups is 1. The second-order valence-electron chi connectivity index (χ2n) is 5.48. The van der Waals surface area contributed by atoms with E-state index < -0.39 is 0 Å². The van der Waals surface area contributed by atoms with E-state index in [0.29, 0.717) is 6.61 Å². The molecule has 0 aromatic heterocycles. The molecule has 0 saturated heterocycles. The third kappa shape index (κ3) is 3.23. The Labute approximate surface area is 123 Å². The van der Waals surface area contributed by atoms with E-state index in [1.54, 1.807) is 12.1 Å². The van der Waals surface area contributed by atoms with Gasteiger partial charge in [0.05, 0.1) is 12.5 Å². The van der Waals surface area contributed by atoms with E-state index >= 15 is 0 Å². The number of carbonyl (C=O) groups excluding carboxylic acids is 1. The molecule has 1 fully saturated rings. The number of benzene rings is 1. The second-order valence-corrected chi connectivity index (χ2v) is 6.46. The van der Waals surface area contributed by atoms with Crippen LogP contribution in [0.2, 0.25) is 0 Å². The zero-order chi connectivity index (χ0) is 14.8. The van der Waals surface area contributed by atoms with Crippen LogP contribution in [0.5, 0.6) is 0 Å². The zero-order valence-corrected chi connectivity index (χ0v) is 12.7. The van der Waals surface area contributed by atoms with Crippen LogP contribution in [0.15, 0.2) is 40.6 Å². The van der Waals surface area contributed by atoms with Gasteiger partial charge < -0.3 is 4.74 Å². The van der Waals surface area contributed by atoms with Gasteiger partial charge in [0.15, 0.2) is 0 Å². The molecule has 1 aliphatic rings. The average molecular weight is 294 g/mol. The van der Waals surface area contributed by atoms with Crippen LogP contribution in [0, 0.1) is 23.1 Å². The Bertz CT molecular complexity index is 508. The molecule has 0 radical (unpaired) electrons. The monoisotopic (exact) mass is 294 g/mol. The molecule has 0 N–H and O–H groups in total. The van der Waals surface area contributed by atoms with Crippen molar-refractivity contribution >= 4 is 17.7 Å². The molecule has 2 nitrogen and oxygen atoms in total. The third-order valence-electron chi connectivity index (χ3n) is 3.75. The van der Waals surface area contributed by atoms with Crippen molar-refractivity contribution in [2.75, 3.05) is 6.61 Å². The lowest BCUT2D eigenvalue weighted by molar-refractivity contribution is -0.145. The van der Waals surface area contributed by atoms with Crippen LogP contribution in [0.25, 0.3) is 0 Å². The van der Waals surface area contributed by atoms with Crippen LogP contribution in [-0.4, -0.2) is 12.6 Å². The van der Waals surface area contributed by atoms with Crippen LogP contribution in [0.3, 0.4) is 0 Å². The van der Waals surface area contributed by atoms with Crippen molar-refractivity contribution in [3.63, 3.8) is 0 Å². The van der Waals surface area contributed by atoms with E-state index in [1.165, 1.54) is 23.9 Å². The van der Waals surface area contributed by atoms with E-state index in [0.717, 1.165) is 4.90 Å². The fourth-order valence-electron chi connectivity index (χ4n) is 2.43. The lowest BCUT2D eigenvalue weighted by atomic mass is 10.1. The first-order chi connectivity index (χ1) is 9.46. The number of allylic oxidation sites excluding steroid dienone is 1. The van der Waals surface area contributed by atoms with Gasteiger partial charge in [0.25, 0.3) is 0 Å². The number of hydrogen-bond donors (Lipinski definition) is 0. The van der Waals surface area contributed by atoms with E-state index in [1.807, 2.05) is 12.3 Å². The Balaban J connectivity index is 1.92. The molecule has 0 amide bonds. The van der Waals surface area contributed by atoms with E-state index in [9.17, 15) is 9.18 Å². The first-order valence-corrected chi connectivity index (χ1v) is 7.60. The normalized spacial score (nSPS) is 23.8. The molecule has 1 aliphatic carbocycles. The SMILES string of the molecule is CCOC(=O)[C@@H]1[C@H](C=CSc2ccc(F)cc2)C1(C)C. The fourth-order valence-corrected chi connectivity index (χ4v) is 3.13. The number of rotatable bonds is 5. The molecule has 20 heavy (non-hydrogen) atoms. The summed E-state index contributed by atoms with van der Waals surface area (Å²) in [4.78, 5) is 12.8. The molecule has 0 heterocycles. The van der Waals surface area contributed by atoms with Gasteiger partial charge >= 0.3 is 5.97 Å². The van der Waals surface area contributed by atoms with Gasteiger partial charge in [0, 0.05) is 4.90 Å². The summed E-state index contributed by atoms with van der Waals surface area (Å²) in [7, 11) is 0. The summed E-state index contributed by atoms with van der Waals surface area (Å²) >= 11 is 1.53. The second kappa shape index (κ2) is 6.00. The smallest absolute Gasteiger partial charge is 0.310 e. The Morgan fingerprint density at radius 3 is 2.65 bits per heavy atom. The minimum Gasteiger partial charge on any atom is -0.466 e. The molecule has 0 bridgehead atoms. The van der Waals surface area contributed by atoms with E-state index in [4.69, 9.17) is 4.74 Å². The van der Waals surface area contributed by atoms with Gasteiger partial charge in [-0.15, -0.1) is 0 Å². The number of carbonyl (C=O) groups is 1. The Hall–Kier alpha value is -1.29. The molecule has 0 aliphatic heterocycles. The first-order valence-electron chi connectivity index (χ1n) is 6.72. The molecule has 1 aromatic carbocycles. The predicted octanol–water partition coefficient (Wildman–Crippen LogP) is 4.27. The van der Waals surface area contributed by atoms with Gasteiger partial charge in [-0.2, -0.15) is 0 Å². The Morgan fingerprint density at radius 1 is 1.40 bits per heavy atom. The summed E-state index contributed by atoms with van der Waals surface area (Å²) in [5, 5.41) is 1.97. The molecule has 108 valence electrons. The maximum absolute atomic E-state index is 12.8. The van der Waals surface area contributed by atoms with Gasteiger partial charge in [-0.05, 0) is 47.9 Å². The molecule has 0 spiro atoms. The lowest BCUT2D eigenvalue weighted by Gasteiger charge is -2.01. The van der Waals surface area contributed by atoms with E-state index in [-0.39, 0.29) is 29.0 Å². The van der Waals surface area contributed by atoms with E-state index in [2.05, 4.69) is 19.9 Å². The first kappa shape index (κ1) is 15.1. The van der Waals surface area contributed by atoms with Crippen molar-refractivity contribution in [2.24, 2.45) is 17.3 Å². The molecule has 1 saturated carbocycles. The van der Waals surface area contributed by atoms with Gasteiger partial charge in [0.2, 0.25) is 0 Å². The van der Waals surface area contributed by atoms with Gasteiger partial charge in [-0.25, -0.2) is 4.39 Å². The standard InChI is InChI=1S/C16H19FO2S/c1-4-19-15(18)14-13(16(14,2)3)9-10-20-12-7-5-11(17)6-8-12/h5-10,13-14H,4H2,1-3H3/t13-,14-/m0/s1. The maximum Gasteiger partial charge on any atom is 0.310 e. The number of ether oxygens (including phenoxy) is 1. The number of halogens is 1. The third-order valence-corrected chi connectivity index (χ3v) is 4.59. The van der Waals surface area contributed by atoms with Gasteiger partial charge in [0.1, 0.15) is 5.82 Å². The number of esters is 1. The highest BCUT2D eigenvalue weighted by Crippen LogP contribution is 2.59. The summed E-state index contributed by atoms with van der Waals surface area (Å²) in [5.41, 5.74) is -0.0356. The minimum absolute atomic E-state index is 0.0356. The summed E-state index contributed by atoms with van der Waals surface area (Å²) in [6.07, 6.45) is 2.05. The summed E-state index contributed by atoms with van der Waals surface area (Å²) in [6, 6.07) is 6.37. The van der Waals surface area contributed by atoms with Crippen LogP contribution < -0.4 is 0 Å². The summed E-state index contributed by atoms with van der Waals surface area (Å²) in [5.74, 6) is -0.176. The molecular formula is C16H19FO2S. The Kier molecular flexibility index (Phi) is 4.53. The zero-order valence-electron chi connectivity index (χ0n) is 11.9. The number of hydrogen-bond acceptors (Lipinski definition) is 3. The topological polar surface area (TPSA) is 26.3 Å². The molecule has 4 heteroatoms. The van der Waals surface area contributed by atoms with Crippen molar-refractivity contribution in [3.8, 4) is 0 Å². The quantitative estimate of drug-likeness (QED) is 0.599. The molecule has 2 atom stereocenters. The van der Waals surface area contributed by atoms with Crippen molar-refractivity contribution in [2.45, 2.75) is 25.7 Å². The summed E-state index contributed by atoms with van der Waals surface area (Å²) in [6.45, 7) is 6.40. The predicted molar refractivity (Wildman–Crippen MR) is 78.8 cm³/mol. The van der Waals surface area contributed by atoms with Crippen LogP contribution in [0.1, 0.15) is 20.8 Å². The van der Waals surface area contributed by atoms with Crippen molar-refractivity contribution in [3.05, 3.63) is 41.6 Å². The minimum atomic E-state index is -0.232. The lowest BCUT2D eigenvalue weighted by Crippen LogP contribution is -2.10. The fraction of sp³-hybridized carbons (Fsp3) is 0.438. The molecule has 2 rings (SSSR count). The van der Waals surface area contributed by atoms with Gasteiger partial charge in [-0.1, -0.05) is 31.7 Å². The van der Waals surface area contributed by atoms with Crippen LogP contribution in [0.4, 0.5) is 4.39 Å². The largest absolute Gasteiger partial charge is 0.466 e. The van der Waals surface area contributed by atoms with Gasteiger partial charge in [-0.3, -0.25) is 4.79 Å². The van der Waals surface area contributed by atoms with Crippen LogP contribution >= 0.6 is 11.8 Å². The molecular weight excluding hydrogens is 275 g/mol. The maximum atomic E-state index is 12.8. The highest BCUT2D eigenvalue weighted by atomic mass is 32.2. The summed E-state index contributed by atoms with van der Waals surface area (Å²) < 4.78 is 17.9. The average Bonchev–Trinajstić information content (AvgIpc) is 2.94. The molecule has 0 unspecified atom stereocenters. The molecule has 1 aromatic rings. The highest BCUT2D eigenvalue weighted by molar-refractivity contribution is 8.02. The van der Waals surface area contributed by atoms with Crippen LogP contribution in [-0.2, 0) is 9.53 Å². The van der Waals surface area contributed by atoms with Crippen molar-refractivity contribution in [1.82, 2.24) is 0 Å². The van der Waals surface area contributed by atoms with Crippen molar-refractivity contribution in [1.29, 1.82) is 0 Å². The highest BCUT2D eigenvalue weighted by Gasteiger charge is 2.61. The Morgan fingerprint density at radius 2 is 2.05 bits per heavy atom.